The van der Waals surface area contributed by atoms with E-state index in [2.05, 4.69) is 5.16 Å². The Morgan fingerprint density at radius 2 is 1.50 bits per heavy atom. The molecule has 1 aromatic heterocycles. The van der Waals surface area contributed by atoms with Crippen molar-refractivity contribution >= 4 is 22.9 Å². The van der Waals surface area contributed by atoms with Gasteiger partial charge in [-0.1, -0.05) is 11.2 Å². The molecule has 0 saturated carbocycles. The predicted octanol–water partition coefficient (Wildman–Crippen LogP) is 3.90. The van der Waals surface area contributed by atoms with Gasteiger partial charge in [0.05, 0.1) is 10.9 Å². The first-order chi connectivity index (χ1) is 10.5. The van der Waals surface area contributed by atoms with Gasteiger partial charge in [-0.3, -0.25) is 0 Å². The average molecular weight is 336 g/mol. The van der Waals surface area contributed by atoms with Crippen LogP contribution in [0.25, 0.3) is 11.0 Å². The number of rotatable bonds is 2. The second kappa shape index (κ2) is 6.60. The Bertz CT molecular complexity index is 750. The van der Waals surface area contributed by atoms with E-state index >= 15 is 0 Å². The fourth-order valence-corrected chi connectivity index (χ4v) is 1.96. The lowest BCUT2D eigenvalue weighted by Gasteiger charge is -2.20. The molecule has 7 heteroatoms. The van der Waals surface area contributed by atoms with Crippen molar-refractivity contribution in [2.75, 3.05) is 0 Å². The molecule has 0 spiro atoms. The number of carbonyl (C=O) groups excluding carboxylic acids is 2. The summed E-state index contributed by atoms with van der Waals surface area (Å²) < 4.78 is 15.8. The highest BCUT2D eigenvalue weighted by atomic mass is 16.6. The summed E-state index contributed by atoms with van der Waals surface area (Å²) in [5.74, 6) is -1.19. The molecule has 0 aliphatic carbocycles. The van der Waals surface area contributed by atoms with Crippen molar-refractivity contribution < 1.29 is 23.6 Å². The van der Waals surface area contributed by atoms with Crippen LogP contribution >= 0.6 is 0 Å². The minimum absolute atomic E-state index is 0. The van der Waals surface area contributed by atoms with Gasteiger partial charge in [-0.2, -0.15) is 0 Å². The molecule has 0 unspecified atom stereocenters. The van der Waals surface area contributed by atoms with Crippen LogP contribution in [0.5, 0.6) is 0 Å². The molecule has 7 nitrogen and oxygen atoms in total. The molecular formula is C17H24N2O5. The van der Waals surface area contributed by atoms with Gasteiger partial charge in [0.1, 0.15) is 11.2 Å². The Morgan fingerprint density at radius 1 is 0.958 bits per heavy atom. The molecule has 0 amide bonds. The Hall–Kier alpha value is -2.41. The number of benzene rings is 1. The normalized spacial score (nSPS) is 11.8. The van der Waals surface area contributed by atoms with Crippen LogP contribution in [0.15, 0.2) is 22.7 Å². The van der Waals surface area contributed by atoms with Crippen molar-refractivity contribution in [2.24, 2.45) is 0 Å². The van der Waals surface area contributed by atoms with Crippen LogP contribution in [-0.2, 0) is 9.47 Å². The number of aromatic nitrogens is 1. The summed E-state index contributed by atoms with van der Waals surface area (Å²) in [5.41, 5.74) is -0.809. The Balaban J connectivity index is 0.00000288. The second-order valence-electron chi connectivity index (χ2n) is 7.21. The quantitative estimate of drug-likeness (QED) is 0.827. The van der Waals surface area contributed by atoms with Gasteiger partial charge in [-0.15, -0.1) is 0 Å². The van der Waals surface area contributed by atoms with E-state index in [1.54, 1.807) is 59.7 Å². The molecule has 2 rings (SSSR count). The molecule has 0 fully saturated rings. The van der Waals surface area contributed by atoms with Gasteiger partial charge in [0, 0.05) is 0 Å². The molecule has 0 atom stereocenters. The van der Waals surface area contributed by atoms with Gasteiger partial charge in [-0.05, 0) is 53.7 Å². The summed E-state index contributed by atoms with van der Waals surface area (Å²) >= 11 is 0. The highest BCUT2D eigenvalue weighted by molar-refractivity contribution is 6.11. The van der Waals surface area contributed by atoms with E-state index in [9.17, 15) is 9.59 Å². The van der Waals surface area contributed by atoms with Gasteiger partial charge in [0.25, 0.3) is 0 Å². The van der Waals surface area contributed by atoms with E-state index < -0.39 is 23.1 Å². The highest BCUT2D eigenvalue weighted by Crippen LogP contribution is 2.26. The minimum atomic E-state index is -0.677. The maximum absolute atomic E-state index is 12.4. The summed E-state index contributed by atoms with van der Waals surface area (Å²) in [7, 11) is 0. The van der Waals surface area contributed by atoms with Crippen molar-refractivity contribution in [2.45, 2.75) is 52.7 Å². The number of fused-ring (bicyclic) bond motifs is 1. The van der Waals surface area contributed by atoms with Crippen molar-refractivity contribution in [1.82, 2.24) is 11.3 Å². The second-order valence-corrected chi connectivity index (χ2v) is 7.21. The third-order valence-electron chi connectivity index (χ3n) is 2.71. The van der Waals surface area contributed by atoms with E-state index in [4.69, 9.17) is 14.0 Å². The van der Waals surface area contributed by atoms with Gasteiger partial charge in [0.2, 0.25) is 0 Å². The maximum Gasteiger partial charge on any atom is 0.361 e. The molecule has 0 aliphatic heterocycles. The van der Waals surface area contributed by atoms with E-state index in [1.807, 2.05) is 0 Å². The summed E-state index contributed by atoms with van der Waals surface area (Å²) in [4.78, 5) is 24.7. The fourth-order valence-electron chi connectivity index (χ4n) is 1.96. The first kappa shape index (κ1) is 19.6. The van der Waals surface area contributed by atoms with E-state index in [0.29, 0.717) is 11.0 Å². The monoisotopic (exact) mass is 336 g/mol. The van der Waals surface area contributed by atoms with Crippen LogP contribution in [0.3, 0.4) is 0 Å². The van der Waals surface area contributed by atoms with Gasteiger partial charge in [0.15, 0.2) is 11.3 Å². The average Bonchev–Trinajstić information content (AvgIpc) is 2.78. The highest BCUT2D eigenvalue weighted by Gasteiger charge is 2.28. The molecule has 24 heavy (non-hydrogen) atoms. The molecule has 3 N–H and O–H groups in total. The Labute approximate surface area is 140 Å². The molecule has 1 aromatic carbocycles. The first-order valence-electron chi connectivity index (χ1n) is 7.33. The lowest BCUT2D eigenvalue weighted by Crippen LogP contribution is -2.25. The lowest BCUT2D eigenvalue weighted by atomic mass is 10.1. The molecule has 132 valence electrons. The van der Waals surface area contributed by atoms with E-state index in [-0.39, 0.29) is 17.4 Å². The largest absolute Gasteiger partial charge is 0.456 e. The standard InChI is InChI=1S/C17H21NO5.H3N/c1-16(2,3)21-14(19)10-8-7-9-11-12(10)13(18-23-11)15(20)22-17(4,5)6;/h7-9H,1-6H3;1H3. The number of hydrogen-bond acceptors (Lipinski definition) is 7. The number of ether oxygens (including phenoxy) is 2. The molecule has 0 aliphatic rings. The molecule has 0 radical (unpaired) electrons. The number of nitrogens with zero attached hydrogens (tertiary/aromatic N) is 1. The third-order valence-corrected chi connectivity index (χ3v) is 2.71. The van der Waals surface area contributed by atoms with Crippen LogP contribution in [0.4, 0.5) is 0 Å². The Morgan fingerprint density at radius 3 is 2.04 bits per heavy atom. The van der Waals surface area contributed by atoms with Crippen LogP contribution in [-0.4, -0.2) is 28.3 Å². The van der Waals surface area contributed by atoms with Gasteiger partial charge < -0.3 is 20.1 Å². The van der Waals surface area contributed by atoms with E-state index in [0.717, 1.165) is 0 Å². The number of carbonyl (C=O) groups is 2. The zero-order chi connectivity index (χ0) is 17.4. The molecule has 0 bridgehead atoms. The number of esters is 2. The molecule has 2 aromatic rings. The summed E-state index contributed by atoms with van der Waals surface area (Å²) in [6.45, 7) is 10.6. The molecular weight excluding hydrogens is 312 g/mol. The van der Waals surface area contributed by atoms with Crippen molar-refractivity contribution in [1.29, 1.82) is 0 Å². The zero-order valence-electron chi connectivity index (χ0n) is 14.9. The van der Waals surface area contributed by atoms with Crippen molar-refractivity contribution in [3.05, 3.63) is 29.5 Å². The summed E-state index contributed by atoms with van der Waals surface area (Å²) in [5, 5.41) is 4.06. The summed E-state index contributed by atoms with van der Waals surface area (Å²) in [6.07, 6.45) is 0. The van der Waals surface area contributed by atoms with E-state index in [1.165, 1.54) is 0 Å². The predicted molar refractivity (Wildman–Crippen MR) is 89.4 cm³/mol. The summed E-state index contributed by atoms with van der Waals surface area (Å²) in [6, 6.07) is 4.84. The maximum atomic E-state index is 12.4. The van der Waals surface area contributed by atoms with Crippen LogP contribution in [0.2, 0.25) is 0 Å². The SMILES string of the molecule is CC(C)(C)OC(=O)c1cccc2onc(C(=O)OC(C)(C)C)c12.N. The zero-order valence-corrected chi connectivity index (χ0v) is 14.9. The van der Waals surface area contributed by atoms with Crippen LogP contribution in [0.1, 0.15) is 62.4 Å². The van der Waals surface area contributed by atoms with Crippen LogP contribution in [0, 0.1) is 0 Å². The molecule has 0 saturated heterocycles. The Kier molecular flexibility index (Phi) is 5.40. The smallest absolute Gasteiger partial charge is 0.361 e. The lowest BCUT2D eigenvalue weighted by molar-refractivity contribution is 0.00589. The fraction of sp³-hybridized carbons (Fsp3) is 0.471. The van der Waals surface area contributed by atoms with Gasteiger partial charge in [-0.25, -0.2) is 9.59 Å². The number of hydrogen-bond donors (Lipinski definition) is 1. The third kappa shape index (κ3) is 4.55. The van der Waals surface area contributed by atoms with Gasteiger partial charge >= 0.3 is 11.9 Å². The molecule has 1 heterocycles. The minimum Gasteiger partial charge on any atom is -0.456 e. The topological polar surface area (TPSA) is 114 Å². The van der Waals surface area contributed by atoms with Crippen molar-refractivity contribution in [3.63, 3.8) is 0 Å². The van der Waals surface area contributed by atoms with Crippen molar-refractivity contribution in [3.8, 4) is 0 Å². The van der Waals surface area contributed by atoms with Crippen LogP contribution < -0.4 is 6.15 Å². The first-order valence-corrected chi connectivity index (χ1v) is 7.33.